The lowest BCUT2D eigenvalue weighted by molar-refractivity contribution is 0.0602. The minimum Gasteiger partial charge on any atom is -0.465 e. The normalized spacial score (nSPS) is 10.8. The first-order chi connectivity index (χ1) is 14.5. The number of benzene rings is 3. The summed E-state index contributed by atoms with van der Waals surface area (Å²) in [6.07, 6.45) is 0. The molecule has 0 aliphatic heterocycles. The monoisotopic (exact) mass is 401 g/mol. The highest BCUT2D eigenvalue weighted by Gasteiger charge is 2.17. The van der Waals surface area contributed by atoms with Gasteiger partial charge < -0.3 is 15.5 Å². The van der Waals surface area contributed by atoms with Crippen LogP contribution >= 0.6 is 0 Å². The molecule has 0 saturated heterocycles. The van der Waals surface area contributed by atoms with E-state index in [1.807, 2.05) is 36.4 Å². The molecular formula is C23H19N3O4. The van der Waals surface area contributed by atoms with Gasteiger partial charge in [0, 0.05) is 5.56 Å². The SMILES string of the molecule is COC(=O)c1cccc2[nH]c(=O)n(Cc3ccc(-c4ccccc4C(N)=O)cc3)c12. The van der Waals surface area contributed by atoms with E-state index >= 15 is 0 Å². The van der Waals surface area contributed by atoms with Crippen molar-refractivity contribution in [2.75, 3.05) is 7.11 Å². The van der Waals surface area contributed by atoms with E-state index in [2.05, 4.69) is 4.98 Å². The van der Waals surface area contributed by atoms with E-state index < -0.39 is 11.9 Å². The number of fused-ring (bicyclic) bond motifs is 1. The smallest absolute Gasteiger partial charge is 0.340 e. The number of esters is 1. The number of rotatable bonds is 5. The molecule has 1 heterocycles. The summed E-state index contributed by atoms with van der Waals surface area (Å²) < 4.78 is 6.36. The number of H-pyrrole nitrogens is 1. The van der Waals surface area contributed by atoms with Crippen LogP contribution in [0.5, 0.6) is 0 Å². The molecule has 150 valence electrons. The second-order valence-corrected chi connectivity index (χ2v) is 6.82. The first-order valence-corrected chi connectivity index (χ1v) is 9.27. The zero-order chi connectivity index (χ0) is 21.3. The Morgan fingerprint density at radius 3 is 2.37 bits per heavy atom. The third-order valence-electron chi connectivity index (χ3n) is 5.00. The number of amides is 1. The Balaban J connectivity index is 1.72. The molecule has 1 amide bonds. The summed E-state index contributed by atoms with van der Waals surface area (Å²) >= 11 is 0. The van der Waals surface area contributed by atoms with Gasteiger partial charge in [0.2, 0.25) is 5.91 Å². The molecule has 3 aromatic carbocycles. The molecule has 0 unspecified atom stereocenters. The van der Waals surface area contributed by atoms with Gasteiger partial charge in [-0.25, -0.2) is 9.59 Å². The van der Waals surface area contributed by atoms with Gasteiger partial charge in [-0.1, -0.05) is 48.5 Å². The third-order valence-corrected chi connectivity index (χ3v) is 5.00. The highest BCUT2D eigenvalue weighted by molar-refractivity contribution is 6.02. The van der Waals surface area contributed by atoms with E-state index in [-0.39, 0.29) is 12.2 Å². The molecule has 3 N–H and O–H groups in total. The zero-order valence-electron chi connectivity index (χ0n) is 16.2. The maximum Gasteiger partial charge on any atom is 0.340 e. The Hall–Kier alpha value is -4.13. The number of hydrogen-bond acceptors (Lipinski definition) is 4. The van der Waals surface area contributed by atoms with Crippen molar-refractivity contribution in [3.05, 3.63) is 93.9 Å². The minimum atomic E-state index is -0.508. The number of aromatic nitrogens is 2. The molecule has 4 rings (SSSR count). The molecule has 4 aromatic rings. The van der Waals surface area contributed by atoms with Crippen LogP contribution in [-0.2, 0) is 11.3 Å². The number of para-hydroxylation sites is 1. The van der Waals surface area contributed by atoms with Crippen LogP contribution in [0.1, 0.15) is 26.3 Å². The average Bonchev–Trinajstić information content (AvgIpc) is 3.08. The largest absolute Gasteiger partial charge is 0.465 e. The van der Waals surface area contributed by atoms with E-state index in [0.29, 0.717) is 22.2 Å². The number of carbonyl (C=O) groups excluding carboxylic acids is 2. The van der Waals surface area contributed by atoms with Gasteiger partial charge in [-0.3, -0.25) is 9.36 Å². The van der Waals surface area contributed by atoms with Crippen molar-refractivity contribution in [1.29, 1.82) is 0 Å². The Bertz CT molecular complexity index is 1320. The highest BCUT2D eigenvalue weighted by atomic mass is 16.5. The second kappa shape index (κ2) is 7.71. The molecule has 0 bridgehead atoms. The number of nitrogens with one attached hydrogen (secondary N) is 1. The average molecular weight is 401 g/mol. The lowest BCUT2D eigenvalue weighted by Crippen LogP contribution is -2.18. The van der Waals surface area contributed by atoms with E-state index in [4.69, 9.17) is 10.5 Å². The molecule has 0 atom stereocenters. The van der Waals surface area contributed by atoms with Crippen molar-refractivity contribution in [2.24, 2.45) is 5.73 Å². The number of primary amides is 1. The molecule has 0 fully saturated rings. The molecule has 0 aliphatic carbocycles. The number of imidazole rings is 1. The summed E-state index contributed by atoms with van der Waals surface area (Å²) in [5.41, 5.74) is 9.43. The molecule has 7 heteroatoms. The number of aromatic amines is 1. The molecule has 0 radical (unpaired) electrons. The summed E-state index contributed by atoms with van der Waals surface area (Å²) in [5, 5.41) is 0. The third kappa shape index (κ3) is 3.37. The summed E-state index contributed by atoms with van der Waals surface area (Å²) in [5.74, 6) is -0.998. The summed E-state index contributed by atoms with van der Waals surface area (Å²) in [6.45, 7) is 0.268. The molecule has 0 aliphatic rings. The predicted octanol–water partition coefficient (Wildman–Crippen LogP) is 2.93. The fraction of sp³-hybridized carbons (Fsp3) is 0.0870. The van der Waals surface area contributed by atoms with Crippen molar-refractivity contribution in [3.8, 4) is 11.1 Å². The standard InChI is InChI=1S/C23H19N3O4/c1-30-22(28)18-7-4-8-19-20(18)26(23(29)25-19)13-14-9-11-15(12-10-14)16-5-2-3-6-17(16)21(24)27/h2-12H,13H2,1H3,(H2,24,27)(H,25,29). The topological polar surface area (TPSA) is 107 Å². The van der Waals surface area contributed by atoms with Crippen LogP contribution < -0.4 is 11.4 Å². The lowest BCUT2D eigenvalue weighted by atomic mass is 9.98. The van der Waals surface area contributed by atoms with Crippen molar-refractivity contribution < 1.29 is 14.3 Å². The predicted molar refractivity (Wildman–Crippen MR) is 113 cm³/mol. The summed E-state index contributed by atoms with van der Waals surface area (Å²) in [6, 6.07) is 19.7. The number of ether oxygens (including phenoxy) is 1. The van der Waals surface area contributed by atoms with Crippen molar-refractivity contribution in [3.63, 3.8) is 0 Å². The lowest BCUT2D eigenvalue weighted by Gasteiger charge is -2.10. The maximum atomic E-state index is 12.5. The van der Waals surface area contributed by atoms with Crippen molar-refractivity contribution >= 4 is 22.9 Å². The van der Waals surface area contributed by atoms with E-state index in [1.54, 1.807) is 30.3 Å². The molecular weight excluding hydrogens is 382 g/mol. The molecule has 0 saturated carbocycles. The van der Waals surface area contributed by atoms with E-state index in [9.17, 15) is 14.4 Å². The van der Waals surface area contributed by atoms with Crippen LogP contribution in [0.15, 0.2) is 71.5 Å². The van der Waals surface area contributed by atoms with Gasteiger partial charge in [0.05, 0.1) is 30.3 Å². The Morgan fingerprint density at radius 1 is 0.967 bits per heavy atom. The number of hydrogen-bond donors (Lipinski definition) is 2. The quantitative estimate of drug-likeness (QED) is 0.501. The van der Waals surface area contributed by atoms with E-state index in [0.717, 1.165) is 16.7 Å². The van der Waals surface area contributed by atoms with Gasteiger partial charge in [0.1, 0.15) is 0 Å². The number of nitrogens with two attached hydrogens (primary N) is 1. The Morgan fingerprint density at radius 2 is 1.67 bits per heavy atom. The Kier molecular flexibility index (Phi) is 4.93. The molecule has 1 aromatic heterocycles. The van der Waals surface area contributed by atoms with Gasteiger partial charge in [-0.15, -0.1) is 0 Å². The first-order valence-electron chi connectivity index (χ1n) is 9.27. The van der Waals surface area contributed by atoms with Crippen molar-refractivity contribution in [1.82, 2.24) is 9.55 Å². The highest BCUT2D eigenvalue weighted by Crippen LogP contribution is 2.24. The van der Waals surface area contributed by atoms with E-state index in [1.165, 1.54) is 11.7 Å². The van der Waals surface area contributed by atoms with Gasteiger partial charge in [0.15, 0.2) is 0 Å². The van der Waals surface area contributed by atoms with Gasteiger partial charge >= 0.3 is 11.7 Å². The van der Waals surface area contributed by atoms with Gasteiger partial charge in [0.25, 0.3) is 0 Å². The Labute approximate surface area is 171 Å². The second-order valence-electron chi connectivity index (χ2n) is 6.82. The maximum absolute atomic E-state index is 12.5. The molecule has 30 heavy (non-hydrogen) atoms. The van der Waals surface area contributed by atoms with Gasteiger partial charge in [-0.05, 0) is 34.9 Å². The first kappa shape index (κ1) is 19.2. The van der Waals surface area contributed by atoms with Crippen LogP contribution in [0.4, 0.5) is 0 Å². The fourth-order valence-electron chi connectivity index (χ4n) is 3.57. The van der Waals surface area contributed by atoms with Crippen molar-refractivity contribution in [2.45, 2.75) is 6.54 Å². The van der Waals surface area contributed by atoms with Crippen LogP contribution in [-0.4, -0.2) is 28.5 Å². The van der Waals surface area contributed by atoms with Crippen LogP contribution in [0.3, 0.4) is 0 Å². The number of carbonyl (C=O) groups is 2. The van der Waals surface area contributed by atoms with Crippen LogP contribution in [0, 0.1) is 0 Å². The summed E-state index contributed by atoms with van der Waals surface area (Å²) in [7, 11) is 1.30. The number of methoxy groups -OCH3 is 1. The van der Waals surface area contributed by atoms with Crippen LogP contribution in [0.25, 0.3) is 22.2 Å². The van der Waals surface area contributed by atoms with Gasteiger partial charge in [-0.2, -0.15) is 0 Å². The fourth-order valence-corrected chi connectivity index (χ4v) is 3.57. The minimum absolute atomic E-state index is 0.268. The summed E-state index contributed by atoms with van der Waals surface area (Å²) in [4.78, 5) is 39.1. The molecule has 7 nitrogen and oxygen atoms in total. The molecule has 0 spiro atoms. The number of nitrogens with zero attached hydrogens (tertiary/aromatic N) is 1. The zero-order valence-corrected chi connectivity index (χ0v) is 16.2. The van der Waals surface area contributed by atoms with Crippen LogP contribution in [0.2, 0.25) is 0 Å².